The number of halogens is 1. The van der Waals surface area contributed by atoms with Crippen LogP contribution in [0.4, 0.5) is 4.39 Å². The number of aryl methyl sites for hydroxylation is 1. The Morgan fingerprint density at radius 1 is 1.29 bits per heavy atom. The van der Waals surface area contributed by atoms with Gasteiger partial charge in [0.2, 0.25) is 5.78 Å². The molecular weight excluding hydrogens is 309 g/mol. The SMILES string of the molecule is Cc1cc(C(=O)COC(=O)C2CC2C)c(C)n1-c1ccccc1F. The molecule has 2 aromatic rings. The minimum absolute atomic E-state index is 0.0661. The van der Waals surface area contributed by atoms with Crippen LogP contribution in [0.15, 0.2) is 30.3 Å². The van der Waals surface area contributed by atoms with E-state index in [0.29, 0.717) is 22.9 Å². The van der Waals surface area contributed by atoms with Gasteiger partial charge in [-0.05, 0) is 44.4 Å². The molecule has 2 unspecified atom stereocenters. The molecule has 2 atom stereocenters. The van der Waals surface area contributed by atoms with Crippen molar-refractivity contribution in [2.45, 2.75) is 27.2 Å². The van der Waals surface area contributed by atoms with E-state index in [4.69, 9.17) is 4.74 Å². The van der Waals surface area contributed by atoms with Gasteiger partial charge in [-0.15, -0.1) is 0 Å². The largest absolute Gasteiger partial charge is 0.457 e. The number of ketones is 1. The summed E-state index contributed by atoms with van der Waals surface area (Å²) >= 11 is 0. The second-order valence-corrected chi connectivity index (χ2v) is 6.42. The van der Waals surface area contributed by atoms with Gasteiger partial charge in [-0.1, -0.05) is 19.1 Å². The van der Waals surface area contributed by atoms with Gasteiger partial charge in [-0.25, -0.2) is 4.39 Å². The van der Waals surface area contributed by atoms with Gasteiger partial charge in [0.15, 0.2) is 6.61 Å². The van der Waals surface area contributed by atoms with E-state index >= 15 is 0 Å². The van der Waals surface area contributed by atoms with E-state index in [2.05, 4.69) is 0 Å². The predicted molar refractivity (Wildman–Crippen MR) is 87.8 cm³/mol. The van der Waals surface area contributed by atoms with E-state index in [1.54, 1.807) is 35.8 Å². The van der Waals surface area contributed by atoms with Gasteiger partial charge in [0.25, 0.3) is 0 Å². The Hall–Kier alpha value is -2.43. The van der Waals surface area contributed by atoms with Crippen molar-refractivity contribution in [2.75, 3.05) is 6.61 Å². The van der Waals surface area contributed by atoms with E-state index in [-0.39, 0.29) is 30.1 Å². The Balaban J connectivity index is 1.80. The molecule has 24 heavy (non-hydrogen) atoms. The van der Waals surface area contributed by atoms with Crippen LogP contribution >= 0.6 is 0 Å². The summed E-state index contributed by atoms with van der Waals surface area (Å²) in [5.74, 6) is -0.652. The number of esters is 1. The molecule has 0 N–H and O–H groups in total. The molecule has 1 aliphatic rings. The number of carbonyl (C=O) groups excluding carboxylic acids is 2. The molecule has 3 rings (SSSR count). The highest BCUT2D eigenvalue weighted by molar-refractivity contribution is 5.99. The molecule has 1 aromatic carbocycles. The summed E-state index contributed by atoms with van der Waals surface area (Å²) in [6, 6.07) is 8.12. The summed E-state index contributed by atoms with van der Waals surface area (Å²) in [6.45, 7) is 5.28. The highest BCUT2D eigenvalue weighted by atomic mass is 19.1. The number of benzene rings is 1. The monoisotopic (exact) mass is 329 g/mol. The maximum atomic E-state index is 14.1. The van der Waals surface area contributed by atoms with Crippen molar-refractivity contribution in [3.63, 3.8) is 0 Å². The lowest BCUT2D eigenvalue weighted by Gasteiger charge is -2.10. The fourth-order valence-corrected chi connectivity index (χ4v) is 3.02. The number of ether oxygens (including phenoxy) is 1. The average molecular weight is 329 g/mol. The molecule has 0 spiro atoms. The molecule has 5 heteroatoms. The van der Waals surface area contributed by atoms with Crippen molar-refractivity contribution in [1.82, 2.24) is 4.57 Å². The van der Waals surface area contributed by atoms with Crippen molar-refractivity contribution in [2.24, 2.45) is 11.8 Å². The molecule has 0 saturated heterocycles. The van der Waals surface area contributed by atoms with Crippen LogP contribution in [0.25, 0.3) is 5.69 Å². The Bertz CT molecular complexity index is 809. The third kappa shape index (κ3) is 2.98. The van der Waals surface area contributed by atoms with Crippen LogP contribution in [0, 0.1) is 31.5 Å². The molecule has 1 aliphatic carbocycles. The third-order valence-electron chi connectivity index (χ3n) is 4.58. The summed E-state index contributed by atoms with van der Waals surface area (Å²) < 4.78 is 20.9. The van der Waals surface area contributed by atoms with Crippen LogP contribution in [-0.2, 0) is 9.53 Å². The van der Waals surface area contributed by atoms with Crippen molar-refractivity contribution in [3.8, 4) is 5.69 Å². The van der Waals surface area contributed by atoms with Crippen LogP contribution < -0.4 is 0 Å². The summed E-state index contributed by atoms with van der Waals surface area (Å²) in [5.41, 5.74) is 2.24. The van der Waals surface area contributed by atoms with E-state index in [0.717, 1.165) is 12.1 Å². The zero-order chi connectivity index (χ0) is 17.4. The lowest BCUT2D eigenvalue weighted by molar-refractivity contribution is -0.144. The van der Waals surface area contributed by atoms with Crippen LogP contribution in [0.1, 0.15) is 35.1 Å². The van der Waals surface area contributed by atoms with Crippen LogP contribution in [0.5, 0.6) is 0 Å². The molecule has 1 heterocycles. The first-order valence-corrected chi connectivity index (χ1v) is 8.03. The van der Waals surface area contributed by atoms with E-state index in [1.807, 2.05) is 13.8 Å². The lowest BCUT2D eigenvalue weighted by Crippen LogP contribution is -2.16. The number of hydrogen-bond acceptors (Lipinski definition) is 3. The number of carbonyl (C=O) groups is 2. The molecule has 0 bridgehead atoms. The Labute approximate surface area is 140 Å². The summed E-state index contributed by atoms with van der Waals surface area (Å²) in [5, 5.41) is 0. The van der Waals surface area contributed by atoms with Crippen molar-refractivity contribution in [3.05, 3.63) is 53.1 Å². The predicted octanol–water partition coefficient (Wildman–Crippen LogP) is 3.62. The van der Waals surface area contributed by atoms with Gasteiger partial charge in [0.05, 0.1) is 11.6 Å². The van der Waals surface area contributed by atoms with Gasteiger partial charge < -0.3 is 9.30 Å². The molecule has 0 radical (unpaired) electrons. The van der Waals surface area contributed by atoms with Gasteiger partial charge in [-0.3, -0.25) is 9.59 Å². The Kier molecular flexibility index (Phi) is 4.26. The second-order valence-electron chi connectivity index (χ2n) is 6.42. The van der Waals surface area contributed by atoms with E-state index in [1.165, 1.54) is 6.07 Å². The molecular formula is C19H20FNO3. The maximum absolute atomic E-state index is 14.1. The fraction of sp³-hybridized carbons (Fsp3) is 0.368. The molecule has 1 fully saturated rings. The molecule has 0 amide bonds. The number of aromatic nitrogens is 1. The second kappa shape index (κ2) is 6.23. The van der Waals surface area contributed by atoms with E-state index in [9.17, 15) is 14.0 Å². The summed E-state index contributed by atoms with van der Waals surface area (Å²) in [7, 11) is 0. The normalized spacial score (nSPS) is 19.2. The standard InChI is InChI=1S/C19H20FNO3/c1-11-8-14(11)19(23)24-10-18(22)15-9-12(2)21(13(15)3)17-7-5-4-6-16(17)20/h4-7,9,11,14H,8,10H2,1-3H3. The molecule has 4 nitrogen and oxygen atoms in total. The van der Waals surface area contributed by atoms with Gasteiger partial charge in [0.1, 0.15) is 5.82 Å². The minimum Gasteiger partial charge on any atom is -0.457 e. The average Bonchev–Trinajstić information content (AvgIpc) is 3.21. The third-order valence-corrected chi connectivity index (χ3v) is 4.58. The fourth-order valence-electron chi connectivity index (χ4n) is 3.02. The first-order chi connectivity index (χ1) is 11.4. The van der Waals surface area contributed by atoms with Crippen molar-refractivity contribution in [1.29, 1.82) is 0 Å². The smallest absolute Gasteiger partial charge is 0.309 e. The van der Waals surface area contributed by atoms with Crippen LogP contribution in [-0.4, -0.2) is 22.9 Å². The summed E-state index contributed by atoms with van der Waals surface area (Å²) in [6.07, 6.45) is 0.828. The molecule has 0 aliphatic heterocycles. The van der Waals surface area contributed by atoms with Gasteiger partial charge in [0, 0.05) is 17.0 Å². The van der Waals surface area contributed by atoms with Crippen LogP contribution in [0.2, 0.25) is 0 Å². The highest BCUT2D eigenvalue weighted by Gasteiger charge is 2.40. The zero-order valence-electron chi connectivity index (χ0n) is 14.0. The van der Waals surface area contributed by atoms with E-state index < -0.39 is 0 Å². The quantitative estimate of drug-likeness (QED) is 0.622. The highest BCUT2D eigenvalue weighted by Crippen LogP contribution is 2.38. The number of para-hydroxylation sites is 1. The first kappa shape index (κ1) is 16.4. The molecule has 1 saturated carbocycles. The number of hydrogen-bond donors (Lipinski definition) is 0. The summed E-state index contributed by atoms with van der Waals surface area (Å²) in [4.78, 5) is 24.1. The Morgan fingerprint density at radius 3 is 2.58 bits per heavy atom. The topological polar surface area (TPSA) is 48.3 Å². The molecule has 126 valence electrons. The maximum Gasteiger partial charge on any atom is 0.309 e. The van der Waals surface area contributed by atoms with Crippen molar-refractivity contribution < 1.29 is 18.7 Å². The lowest BCUT2D eigenvalue weighted by atomic mass is 10.1. The first-order valence-electron chi connectivity index (χ1n) is 8.03. The number of rotatable bonds is 5. The molecule has 1 aromatic heterocycles. The Morgan fingerprint density at radius 2 is 1.96 bits per heavy atom. The number of nitrogens with zero attached hydrogens (tertiary/aromatic N) is 1. The van der Waals surface area contributed by atoms with Crippen molar-refractivity contribution >= 4 is 11.8 Å². The number of Topliss-reactive ketones (excluding diaryl/α,β-unsaturated/α-hetero) is 1. The van der Waals surface area contributed by atoms with Gasteiger partial charge in [-0.2, -0.15) is 0 Å². The van der Waals surface area contributed by atoms with Gasteiger partial charge >= 0.3 is 5.97 Å². The van der Waals surface area contributed by atoms with Crippen LogP contribution in [0.3, 0.4) is 0 Å². The minimum atomic E-state index is -0.354. The zero-order valence-corrected chi connectivity index (χ0v) is 14.0.